The Morgan fingerprint density at radius 3 is 2.22 bits per heavy atom. The van der Waals surface area contributed by atoms with Crippen molar-refractivity contribution in [3.8, 4) is 0 Å². The molecule has 3 saturated heterocycles. The van der Waals surface area contributed by atoms with Crippen molar-refractivity contribution in [1.29, 1.82) is 0 Å². The molecular formula is C28H36ClN3O4S. The van der Waals surface area contributed by atoms with E-state index in [1.807, 2.05) is 30.3 Å². The van der Waals surface area contributed by atoms with Crippen molar-refractivity contribution < 1.29 is 17.9 Å². The Morgan fingerprint density at radius 1 is 0.865 bits per heavy atom. The number of carbonyl (C=O) groups excluding carboxylic acids is 1. The minimum atomic E-state index is -3.83. The molecule has 0 bridgehead atoms. The molecule has 0 N–H and O–H groups in total. The van der Waals surface area contributed by atoms with Gasteiger partial charge < -0.3 is 14.5 Å². The Kier molecular flexibility index (Phi) is 8.39. The summed E-state index contributed by atoms with van der Waals surface area (Å²) in [6.45, 7) is 3.74. The van der Waals surface area contributed by atoms with Gasteiger partial charge in [0.25, 0.3) is 0 Å². The van der Waals surface area contributed by atoms with Crippen molar-refractivity contribution >= 4 is 27.7 Å². The molecule has 1 amide bonds. The van der Waals surface area contributed by atoms with Gasteiger partial charge >= 0.3 is 6.09 Å². The lowest BCUT2D eigenvalue weighted by Crippen LogP contribution is -2.48. The van der Waals surface area contributed by atoms with Gasteiger partial charge in [-0.1, -0.05) is 48.4 Å². The summed E-state index contributed by atoms with van der Waals surface area (Å²) in [6, 6.07) is 15.7. The van der Waals surface area contributed by atoms with Gasteiger partial charge in [0.1, 0.15) is 6.61 Å². The molecular weight excluding hydrogens is 510 g/mol. The number of benzene rings is 2. The smallest absolute Gasteiger partial charge is 0.409 e. The van der Waals surface area contributed by atoms with E-state index in [0.29, 0.717) is 37.0 Å². The van der Waals surface area contributed by atoms with Gasteiger partial charge in [-0.25, -0.2) is 13.2 Å². The lowest BCUT2D eigenvalue weighted by molar-refractivity contribution is 0.0575. The zero-order valence-electron chi connectivity index (χ0n) is 21.2. The van der Waals surface area contributed by atoms with Crippen molar-refractivity contribution in [2.45, 2.75) is 68.0 Å². The summed E-state index contributed by atoms with van der Waals surface area (Å²) >= 11 is 6.01. The maximum Gasteiger partial charge on any atom is 0.409 e. The zero-order chi connectivity index (χ0) is 25.8. The van der Waals surface area contributed by atoms with Gasteiger partial charge in [0.05, 0.1) is 17.0 Å². The summed E-state index contributed by atoms with van der Waals surface area (Å²) in [4.78, 5) is 17.5. The molecule has 9 heteroatoms. The lowest BCUT2D eigenvalue weighted by atomic mass is 10.0. The summed E-state index contributed by atoms with van der Waals surface area (Å²) in [5.74, 6) is 0. The molecule has 3 aliphatic heterocycles. The molecule has 37 heavy (non-hydrogen) atoms. The van der Waals surface area contributed by atoms with Crippen LogP contribution in [-0.4, -0.2) is 73.5 Å². The highest BCUT2D eigenvalue weighted by atomic mass is 35.5. The average Bonchev–Trinajstić information content (AvgIpc) is 3.38. The van der Waals surface area contributed by atoms with Crippen LogP contribution in [0.3, 0.4) is 0 Å². The van der Waals surface area contributed by atoms with Crippen molar-refractivity contribution in [1.82, 2.24) is 14.1 Å². The number of carbonyl (C=O) groups is 1. The molecule has 0 radical (unpaired) electrons. The van der Waals surface area contributed by atoms with Crippen molar-refractivity contribution in [2.24, 2.45) is 0 Å². The number of nitrogens with zero attached hydrogens (tertiary/aromatic N) is 3. The SMILES string of the molecule is O=C(OC[C@@H]1CCC(c2ccccc2)N1S(=O)(=O)c1ccc(Cl)cc1)N1CCC(N2CCCCC2)CC1. The Hall–Kier alpha value is -2.13. The van der Waals surface area contributed by atoms with Crippen LogP contribution in [0.2, 0.25) is 5.02 Å². The molecule has 0 saturated carbocycles. The van der Waals surface area contributed by atoms with Crippen molar-refractivity contribution in [2.75, 3.05) is 32.8 Å². The number of rotatable bonds is 6. The molecule has 0 spiro atoms. The fourth-order valence-corrected chi connectivity index (χ4v) is 8.02. The molecule has 2 aromatic rings. The monoisotopic (exact) mass is 545 g/mol. The first-order chi connectivity index (χ1) is 17.9. The van der Waals surface area contributed by atoms with Crippen LogP contribution in [0.15, 0.2) is 59.5 Å². The summed E-state index contributed by atoms with van der Waals surface area (Å²) in [7, 11) is -3.83. The summed E-state index contributed by atoms with van der Waals surface area (Å²) in [5.41, 5.74) is 0.939. The normalized spacial score (nSPS) is 24.3. The van der Waals surface area contributed by atoms with Crippen LogP contribution in [0.25, 0.3) is 0 Å². The van der Waals surface area contributed by atoms with Gasteiger partial charge in [-0.15, -0.1) is 0 Å². The third-order valence-corrected chi connectivity index (χ3v) is 10.3. The first kappa shape index (κ1) is 26.5. The second-order valence-electron chi connectivity index (χ2n) is 10.3. The van der Waals surface area contributed by atoms with Crippen LogP contribution in [0.1, 0.15) is 56.6 Å². The number of piperidine rings is 2. The van der Waals surface area contributed by atoms with Crippen LogP contribution in [0.5, 0.6) is 0 Å². The molecule has 3 aliphatic rings. The number of halogens is 1. The van der Waals surface area contributed by atoms with Gasteiger partial charge in [-0.2, -0.15) is 4.31 Å². The predicted molar refractivity (Wildman–Crippen MR) is 144 cm³/mol. The minimum absolute atomic E-state index is 0.0427. The topological polar surface area (TPSA) is 70.2 Å². The first-order valence-electron chi connectivity index (χ1n) is 13.4. The highest BCUT2D eigenvalue weighted by Crippen LogP contribution is 2.40. The van der Waals surface area contributed by atoms with Crippen LogP contribution in [0, 0.1) is 0 Å². The number of hydrogen-bond acceptors (Lipinski definition) is 5. The van der Waals surface area contributed by atoms with Crippen molar-refractivity contribution in [3.63, 3.8) is 0 Å². The van der Waals surface area contributed by atoms with E-state index in [9.17, 15) is 13.2 Å². The van der Waals surface area contributed by atoms with Gasteiger partial charge in [0.15, 0.2) is 0 Å². The molecule has 2 atom stereocenters. The van der Waals surface area contributed by atoms with E-state index in [2.05, 4.69) is 4.90 Å². The predicted octanol–water partition coefficient (Wildman–Crippen LogP) is 5.32. The summed E-state index contributed by atoms with van der Waals surface area (Å²) in [5, 5.41) is 0.481. The zero-order valence-corrected chi connectivity index (χ0v) is 22.7. The molecule has 5 rings (SSSR count). The van der Waals surface area contributed by atoms with Crippen LogP contribution < -0.4 is 0 Å². The number of likely N-dealkylation sites (tertiary alicyclic amines) is 2. The molecule has 0 aliphatic carbocycles. The third-order valence-electron chi connectivity index (χ3n) is 8.04. The largest absolute Gasteiger partial charge is 0.448 e. The average molecular weight is 546 g/mol. The number of amides is 1. The Bertz CT molecular complexity index is 1150. The van der Waals surface area contributed by atoms with E-state index >= 15 is 0 Å². The highest BCUT2D eigenvalue weighted by molar-refractivity contribution is 7.89. The van der Waals surface area contributed by atoms with E-state index in [1.54, 1.807) is 21.3 Å². The molecule has 2 aromatic carbocycles. The molecule has 3 heterocycles. The van der Waals surface area contributed by atoms with Gasteiger partial charge in [-0.05, 0) is 81.4 Å². The number of ether oxygens (including phenoxy) is 1. The quantitative estimate of drug-likeness (QED) is 0.491. The van der Waals surface area contributed by atoms with Crippen molar-refractivity contribution in [3.05, 3.63) is 65.2 Å². The van der Waals surface area contributed by atoms with E-state index in [1.165, 1.54) is 31.4 Å². The second-order valence-corrected chi connectivity index (χ2v) is 12.6. The Labute approximate surface area is 225 Å². The van der Waals surface area contributed by atoms with Crippen LogP contribution >= 0.6 is 11.6 Å². The molecule has 1 unspecified atom stereocenters. The molecule has 7 nitrogen and oxygen atoms in total. The highest BCUT2D eigenvalue weighted by Gasteiger charge is 2.43. The molecule has 3 fully saturated rings. The fourth-order valence-electron chi connectivity index (χ4n) is 6.05. The maximum atomic E-state index is 13.8. The standard InChI is InChI=1S/C28H36ClN3O4S/c29-23-9-12-26(13-10-23)37(34,35)32-25(11-14-27(32)22-7-3-1-4-8-22)21-36-28(33)31-19-15-24(16-20-31)30-17-5-2-6-18-30/h1,3-4,7-10,12-13,24-25,27H,2,5-6,11,14-21H2/t25-,27?/m0/s1. The lowest BCUT2D eigenvalue weighted by Gasteiger charge is -2.40. The number of sulfonamides is 1. The minimum Gasteiger partial charge on any atom is -0.448 e. The van der Waals surface area contributed by atoms with Gasteiger partial charge in [-0.3, -0.25) is 0 Å². The summed E-state index contributed by atoms with van der Waals surface area (Å²) in [6.07, 6.45) is 6.73. The van der Waals surface area contributed by atoms with E-state index in [0.717, 1.165) is 31.5 Å². The maximum absolute atomic E-state index is 13.8. The van der Waals surface area contributed by atoms with E-state index < -0.39 is 16.1 Å². The summed E-state index contributed by atoms with van der Waals surface area (Å²) < 4.78 is 34.9. The molecule has 200 valence electrons. The Morgan fingerprint density at radius 2 is 1.54 bits per heavy atom. The Balaban J connectivity index is 1.25. The van der Waals surface area contributed by atoms with Gasteiger partial charge in [0, 0.05) is 24.2 Å². The fraction of sp³-hybridized carbons (Fsp3) is 0.536. The second kappa shape index (κ2) is 11.7. The van der Waals surface area contributed by atoms with E-state index in [4.69, 9.17) is 16.3 Å². The first-order valence-corrected chi connectivity index (χ1v) is 15.2. The molecule has 0 aromatic heterocycles. The van der Waals surface area contributed by atoms with Gasteiger partial charge in [0.2, 0.25) is 10.0 Å². The van der Waals surface area contributed by atoms with Crippen LogP contribution in [-0.2, 0) is 14.8 Å². The third kappa shape index (κ3) is 5.98. The van der Waals surface area contributed by atoms with Crippen LogP contribution in [0.4, 0.5) is 4.79 Å². The number of hydrogen-bond donors (Lipinski definition) is 0. The van der Waals surface area contributed by atoms with E-state index in [-0.39, 0.29) is 23.6 Å².